The Hall–Kier alpha value is -1.32. The number of carboxylic acid groups (broad SMARTS) is 1. The lowest BCUT2D eigenvalue weighted by Crippen LogP contribution is -2.45. The highest BCUT2D eigenvalue weighted by molar-refractivity contribution is 6.01. The van der Waals surface area contributed by atoms with E-state index < -0.39 is 17.3 Å². The van der Waals surface area contributed by atoms with Crippen molar-refractivity contribution in [3.8, 4) is 0 Å². The minimum absolute atomic E-state index is 0.0846. The third-order valence-electron chi connectivity index (χ3n) is 2.00. The lowest BCUT2D eigenvalue weighted by Gasteiger charge is -2.21. The molecule has 0 spiro atoms. The van der Waals surface area contributed by atoms with Gasteiger partial charge < -0.3 is 10.4 Å². The van der Waals surface area contributed by atoms with Crippen LogP contribution >= 0.6 is 0 Å². The Labute approximate surface area is 84.0 Å². The number of hydrogen-bond donors (Lipinski definition) is 2. The molecule has 2 N–H and O–H groups in total. The Bertz CT molecular complexity index is 246. The Kier molecular flexibility index (Phi) is 4.34. The predicted octanol–water partition coefficient (Wildman–Crippen LogP) is 1.18. The number of rotatable bonds is 5. The van der Waals surface area contributed by atoms with Crippen molar-refractivity contribution < 1.29 is 14.7 Å². The zero-order chi connectivity index (χ0) is 11.4. The lowest BCUT2D eigenvalue weighted by molar-refractivity contribution is -0.153. The molecule has 1 atom stereocenters. The molecule has 0 rings (SSSR count). The van der Waals surface area contributed by atoms with Crippen LogP contribution in [0.15, 0.2) is 12.7 Å². The highest BCUT2D eigenvalue weighted by Crippen LogP contribution is 2.15. The molecule has 0 bridgehead atoms. The van der Waals surface area contributed by atoms with Crippen LogP contribution in [0.4, 0.5) is 0 Å². The number of carboxylic acids is 1. The molecule has 4 nitrogen and oxygen atoms in total. The molecule has 0 aliphatic carbocycles. The van der Waals surface area contributed by atoms with E-state index in [1.54, 1.807) is 13.0 Å². The van der Waals surface area contributed by atoms with E-state index in [0.717, 1.165) is 0 Å². The van der Waals surface area contributed by atoms with Crippen molar-refractivity contribution in [3.63, 3.8) is 0 Å². The largest absolute Gasteiger partial charge is 0.480 e. The standard InChI is InChI=1S/C10H17NO3/c1-5-6-7(2)11-8(12)10(3,4)9(13)14/h5,7H,1,6H2,2-4H3,(H,11,12)(H,13,14). The first-order valence-corrected chi connectivity index (χ1v) is 4.47. The molecular weight excluding hydrogens is 182 g/mol. The highest BCUT2D eigenvalue weighted by atomic mass is 16.4. The van der Waals surface area contributed by atoms with E-state index in [4.69, 9.17) is 5.11 Å². The van der Waals surface area contributed by atoms with Crippen molar-refractivity contribution in [1.82, 2.24) is 5.32 Å². The molecule has 4 heteroatoms. The van der Waals surface area contributed by atoms with Crippen LogP contribution in [-0.4, -0.2) is 23.0 Å². The molecule has 0 saturated heterocycles. The third-order valence-corrected chi connectivity index (χ3v) is 2.00. The van der Waals surface area contributed by atoms with Gasteiger partial charge in [-0.15, -0.1) is 6.58 Å². The maximum atomic E-state index is 11.5. The molecule has 0 aliphatic heterocycles. The number of carbonyl (C=O) groups is 2. The molecular formula is C10H17NO3. The molecule has 1 unspecified atom stereocenters. The fourth-order valence-electron chi connectivity index (χ4n) is 0.810. The van der Waals surface area contributed by atoms with Crippen molar-refractivity contribution in [2.45, 2.75) is 33.2 Å². The van der Waals surface area contributed by atoms with Gasteiger partial charge in [0.1, 0.15) is 5.41 Å². The Balaban J connectivity index is 4.34. The van der Waals surface area contributed by atoms with Gasteiger partial charge in [0.2, 0.25) is 5.91 Å². The summed E-state index contributed by atoms with van der Waals surface area (Å²) in [5, 5.41) is 11.4. The van der Waals surface area contributed by atoms with Gasteiger partial charge in [0.25, 0.3) is 0 Å². The SMILES string of the molecule is C=CCC(C)NC(=O)C(C)(C)C(=O)O. The average Bonchev–Trinajstić information content (AvgIpc) is 2.03. The van der Waals surface area contributed by atoms with E-state index in [2.05, 4.69) is 11.9 Å². The molecule has 80 valence electrons. The highest BCUT2D eigenvalue weighted by Gasteiger charge is 2.36. The number of hydrogen-bond acceptors (Lipinski definition) is 2. The molecule has 0 heterocycles. The zero-order valence-electron chi connectivity index (χ0n) is 8.83. The average molecular weight is 199 g/mol. The van der Waals surface area contributed by atoms with Gasteiger partial charge in [0.15, 0.2) is 0 Å². The second-order valence-electron chi connectivity index (χ2n) is 3.83. The second-order valence-corrected chi connectivity index (χ2v) is 3.83. The van der Waals surface area contributed by atoms with Gasteiger partial charge >= 0.3 is 5.97 Å². The van der Waals surface area contributed by atoms with E-state index in [1.165, 1.54) is 13.8 Å². The van der Waals surface area contributed by atoms with Gasteiger partial charge in [-0.1, -0.05) is 6.08 Å². The minimum atomic E-state index is -1.38. The first-order chi connectivity index (χ1) is 6.32. The van der Waals surface area contributed by atoms with Crippen molar-refractivity contribution in [3.05, 3.63) is 12.7 Å². The van der Waals surface area contributed by atoms with Gasteiger partial charge in [-0.05, 0) is 27.2 Å². The van der Waals surface area contributed by atoms with Crippen LogP contribution in [0.1, 0.15) is 27.2 Å². The molecule has 0 saturated carbocycles. The number of carbonyl (C=O) groups excluding carboxylic acids is 1. The van der Waals surface area contributed by atoms with Crippen molar-refractivity contribution in [1.29, 1.82) is 0 Å². The Morgan fingerprint density at radius 1 is 1.57 bits per heavy atom. The summed E-state index contributed by atoms with van der Waals surface area (Å²) in [6, 6.07) is -0.0846. The molecule has 0 aromatic rings. The van der Waals surface area contributed by atoms with E-state index in [0.29, 0.717) is 6.42 Å². The summed E-state index contributed by atoms with van der Waals surface area (Å²) in [6.07, 6.45) is 2.31. The number of aliphatic carboxylic acids is 1. The number of nitrogens with one attached hydrogen (secondary N) is 1. The van der Waals surface area contributed by atoms with E-state index >= 15 is 0 Å². The van der Waals surface area contributed by atoms with E-state index in [1.807, 2.05) is 0 Å². The molecule has 0 aromatic heterocycles. The van der Waals surface area contributed by atoms with Crippen LogP contribution in [0.3, 0.4) is 0 Å². The lowest BCUT2D eigenvalue weighted by atomic mass is 9.92. The molecule has 14 heavy (non-hydrogen) atoms. The molecule has 1 amide bonds. The molecule has 0 aromatic carbocycles. The van der Waals surface area contributed by atoms with Gasteiger partial charge in [-0.3, -0.25) is 9.59 Å². The van der Waals surface area contributed by atoms with Crippen LogP contribution in [0.2, 0.25) is 0 Å². The smallest absolute Gasteiger partial charge is 0.318 e. The molecule has 0 fully saturated rings. The first-order valence-electron chi connectivity index (χ1n) is 4.47. The first kappa shape index (κ1) is 12.7. The van der Waals surface area contributed by atoms with Gasteiger partial charge in [0, 0.05) is 6.04 Å². The van der Waals surface area contributed by atoms with Gasteiger partial charge in [-0.25, -0.2) is 0 Å². The number of amides is 1. The van der Waals surface area contributed by atoms with Crippen LogP contribution < -0.4 is 5.32 Å². The van der Waals surface area contributed by atoms with Crippen molar-refractivity contribution in [2.24, 2.45) is 5.41 Å². The summed E-state index contributed by atoms with van der Waals surface area (Å²) in [7, 11) is 0. The Morgan fingerprint density at radius 3 is 2.43 bits per heavy atom. The van der Waals surface area contributed by atoms with E-state index in [9.17, 15) is 9.59 Å². The summed E-state index contributed by atoms with van der Waals surface area (Å²) in [5.41, 5.74) is -1.38. The third kappa shape index (κ3) is 3.20. The van der Waals surface area contributed by atoms with Crippen molar-refractivity contribution in [2.75, 3.05) is 0 Å². The topological polar surface area (TPSA) is 66.4 Å². The fraction of sp³-hybridized carbons (Fsp3) is 0.600. The van der Waals surface area contributed by atoms with Crippen molar-refractivity contribution >= 4 is 11.9 Å². The maximum Gasteiger partial charge on any atom is 0.318 e. The predicted molar refractivity (Wildman–Crippen MR) is 53.8 cm³/mol. The normalized spacial score (nSPS) is 13.1. The van der Waals surface area contributed by atoms with Gasteiger partial charge in [-0.2, -0.15) is 0 Å². The minimum Gasteiger partial charge on any atom is -0.480 e. The summed E-state index contributed by atoms with van der Waals surface area (Å²) in [6.45, 7) is 8.10. The fourth-order valence-corrected chi connectivity index (χ4v) is 0.810. The summed E-state index contributed by atoms with van der Waals surface area (Å²) in [5.74, 6) is -1.60. The van der Waals surface area contributed by atoms with Crippen LogP contribution in [-0.2, 0) is 9.59 Å². The van der Waals surface area contributed by atoms with E-state index in [-0.39, 0.29) is 6.04 Å². The summed E-state index contributed by atoms with van der Waals surface area (Å²) < 4.78 is 0. The van der Waals surface area contributed by atoms with Crippen LogP contribution in [0, 0.1) is 5.41 Å². The quantitative estimate of drug-likeness (QED) is 0.516. The monoisotopic (exact) mass is 199 g/mol. The zero-order valence-corrected chi connectivity index (χ0v) is 8.83. The summed E-state index contributed by atoms with van der Waals surface area (Å²) in [4.78, 5) is 22.2. The molecule has 0 aliphatic rings. The second kappa shape index (κ2) is 4.79. The van der Waals surface area contributed by atoms with Gasteiger partial charge in [0.05, 0.1) is 0 Å². The summed E-state index contributed by atoms with van der Waals surface area (Å²) >= 11 is 0. The Morgan fingerprint density at radius 2 is 2.07 bits per heavy atom. The molecule has 0 radical (unpaired) electrons. The van der Waals surface area contributed by atoms with Crippen LogP contribution in [0.5, 0.6) is 0 Å². The maximum absolute atomic E-state index is 11.5. The van der Waals surface area contributed by atoms with Crippen LogP contribution in [0.25, 0.3) is 0 Å².